The van der Waals surface area contributed by atoms with Crippen LogP contribution in [0.2, 0.25) is 0 Å². The molecule has 2 heterocycles. The molecule has 0 unspecified atom stereocenters. The number of aromatic nitrogens is 1. The molecule has 1 aromatic heterocycles. The van der Waals surface area contributed by atoms with Crippen LogP contribution in [-0.4, -0.2) is 48.7 Å². The maximum Gasteiger partial charge on any atom is 0.407 e. The van der Waals surface area contributed by atoms with E-state index in [2.05, 4.69) is 39.5 Å². The average Bonchev–Trinajstić information content (AvgIpc) is 3.51. The molecule has 0 aliphatic carbocycles. The van der Waals surface area contributed by atoms with E-state index in [-0.39, 0.29) is 30.2 Å². The van der Waals surface area contributed by atoms with Crippen LogP contribution in [0, 0.1) is 5.82 Å². The zero-order valence-corrected chi connectivity index (χ0v) is 27.9. The second kappa shape index (κ2) is 13.9. The third-order valence-corrected chi connectivity index (χ3v) is 8.85. The van der Waals surface area contributed by atoms with Crippen molar-refractivity contribution in [1.29, 1.82) is 0 Å². The number of ether oxygens (including phenoxy) is 2. The molecule has 0 saturated carbocycles. The number of anilines is 1. The van der Waals surface area contributed by atoms with Crippen molar-refractivity contribution in [1.82, 2.24) is 10.3 Å². The van der Waals surface area contributed by atoms with Crippen LogP contribution in [0.1, 0.15) is 67.6 Å². The zero-order chi connectivity index (χ0) is 33.8. The van der Waals surface area contributed by atoms with Crippen LogP contribution >= 0.6 is 0 Å². The highest BCUT2D eigenvalue weighted by Crippen LogP contribution is 2.37. The lowest BCUT2D eigenvalue weighted by atomic mass is 9.87. The molecule has 1 atom stereocenters. The molecule has 0 radical (unpaired) electrons. The zero-order valence-electron chi connectivity index (χ0n) is 27.9. The number of benzene rings is 4. The number of halogens is 1. The largest absolute Gasteiger partial charge is 0.496 e. The molecule has 1 fully saturated rings. The summed E-state index contributed by atoms with van der Waals surface area (Å²) in [5.74, 6) is -0.342. The van der Waals surface area contributed by atoms with E-state index in [0.29, 0.717) is 16.9 Å². The molecular formula is C40H42FN3O4. The third-order valence-electron chi connectivity index (χ3n) is 8.85. The summed E-state index contributed by atoms with van der Waals surface area (Å²) in [5, 5.41) is 4.02. The first-order valence-corrected chi connectivity index (χ1v) is 16.5. The van der Waals surface area contributed by atoms with Crippen LogP contribution in [0.4, 0.5) is 14.9 Å². The van der Waals surface area contributed by atoms with Crippen molar-refractivity contribution in [2.45, 2.75) is 57.6 Å². The molecule has 1 aliphatic rings. The van der Waals surface area contributed by atoms with Gasteiger partial charge in [0.05, 0.1) is 7.11 Å². The average molecular weight is 648 g/mol. The lowest BCUT2D eigenvalue weighted by Gasteiger charge is -2.34. The van der Waals surface area contributed by atoms with Gasteiger partial charge in [0, 0.05) is 59.5 Å². The Balaban J connectivity index is 1.16. The van der Waals surface area contributed by atoms with Crippen LogP contribution < -0.4 is 15.0 Å². The van der Waals surface area contributed by atoms with Crippen molar-refractivity contribution in [3.05, 3.63) is 120 Å². The predicted molar refractivity (Wildman–Crippen MR) is 189 cm³/mol. The molecule has 0 bridgehead atoms. The number of ketones is 1. The van der Waals surface area contributed by atoms with Gasteiger partial charge < -0.3 is 24.7 Å². The number of aromatic amines is 1. The van der Waals surface area contributed by atoms with Crippen LogP contribution in [0.5, 0.6) is 5.75 Å². The Labute approximate surface area is 281 Å². The number of hydrogen-bond donors (Lipinski definition) is 2. The maximum atomic E-state index is 14.6. The number of amides is 1. The van der Waals surface area contributed by atoms with Crippen molar-refractivity contribution < 1.29 is 23.5 Å². The second-order valence-electron chi connectivity index (χ2n) is 13.4. The minimum Gasteiger partial charge on any atom is -0.496 e. The molecule has 48 heavy (non-hydrogen) atoms. The lowest BCUT2D eigenvalue weighted by molar-refractivity contribution is 0.0497. The number of Topliss-reactive ketones (excluding diaryl/α,β-unsaturated/α-hetero) is 1. The van der Waals surface area contributed by atoms with E-state index in [1.807, 2.05) is 75.4 Å². The third kappa shape index (κ3) is 7.71. The number of hydrogen-bond acceptors (Lipinski definition) is 5. The van der Waals surface area contributed by atoms with E-state index in [1.165, 1.54) is 12.1 Å². The number of carbonyl (C=O) groups is 2. The standard InChI is InChI=1S/C40H42FN3O4/c1-40(2,3)48-39(46)42-31-18-20-44(21-19-31)32-15-12-26(13-16-32)27-9-7-10-29(22-27)37(45)25-33(34-24-30(41)14-17-38(34)47-4)36-23-28-8-5-6-11-35(28)43-36/h5-17,22-24,31,33,43H,18-21,25H2,1-4H3,(H,42,46)/t33-/m1/s1. The van der Waals surface area contributed by atoms with Crippen LogP contribution in [-0.2, 0) is 4.74 Å². The number of para-hydroxylation sites is 1. The number of rotatable bonds is 9. The lowest BCUT2D eigenvalue weighted by Crippen LogP contribution is -2.46. The molecule has 6 rings (SSSR count). The summed E-state index contributed by atoms with van der Waals surface area (Å²) in [6.07, 6.45) is 1.44. The normalized spacial score (nSPS) is 14.5. The Morgan fingerprint density at radius 1 is 0.917 bits per heavy atom. The molecule has 4 aromatic carbocycles. The van der Waals surface area contributed by atoms with Crippen molar-refractivity contribution in [3.8, 4) is 16.9 Å². The number of alkyl carbamates (subject to hydrolysis) is 1. The number of methoxy groups -OCH3 is 1. The molecule has 1 aliphatic heterocycles. The summed E-state index contributed by atoms with van der Waals surface area (Å²) in [7, 11) is 1.56. The molecular weight excluding hydrogens is 605 g/mol. The van der Waals surface area contributed by atoms with Gasteiger partial charge in [0.25, 0.3) is 0 Å². The van der Waals surface area contributed by atoms with Gasteiger partial charge in [0.1, 0.15) is 17.2 Å². The van der Waals surface area contributed by atoms with E-state index in [1.54, 1.807) is 13.2 Å². The monoisotopic (exact) mass is 647 g/mol. The first-order chi connectivity index (χ1) is 23.1. The van der Waals surface area contributed by atoms with Crippen molar-refractivity contribution in [3.63, 3.8) is 0 Å². The van der Waals surface area contributed by atoms with Crippen LogP contribution in [0.3, 0.4) is 0 Å². The molecule has 0 spiro atoms. The van der Waals surface area contributed by atoms with Gasteiger partial charge in [0.15, 0.2) is 5.78 Å². The Hall–Kier alpha value is -5.11. The Kier molecular flexibility index (Phi) is 9.53. The highest BCUT2D eigenvalue weighted by atomic mass is 19.1. The molecule has 1 amide bonds. The van der Waals surface area contributed by atoms with Gasteiger partial charge in [-0.15, -0.1) is 0 Å². The summed E-state index contributed by atoms with van der Waals surface area (Å²) < 4.78 is 25.6. The Morgan fingerprint density at radius 2 is 1.67 bits per heavy atom. The molecule has 7 nitrogen and oxygen atoms in total. The van der Waals surface area contributed by atoms with E-state index in [9.17, 15) is 14.0 Å². The number of piperidine rings is 1. The summed E-state index contributed by atoms with van der Waals surface area (Å²) in [4.78, 5) is 31.9. The summed E-state index contributed by atoms with van der Waals surface area (Å²) in [6.45, 7) is 7.25. The molecule has 2 N–H and O–H groups in total. The van der Waals surface area contributed by atoms with Gasteiger partial charge in [-0.2, -0.15) is 0 Å². The van der Waals surface area contributed by atoms with Crippen LogP contribution in [0.15, 0.2) is 97.1 Å². The van der Waals surface area contributed by atoms with Gasteiger partial charge in [-0.1, -0.05) is 48.5 Å². The van der Waals surface area contributed by atoms with Gasteiger partial charge in [0.2, 0.25) is 0 Å². The fraction of sp³-hybridized carbons (Fsp3) is 0.300. The van der Waals surface area contributed by atoms with Gasteiger partial charge in [-0.25, -0.2) is 9.18 Å². The Morgan fingerprint density at radius 3 is 2.38 bits per heavy atom. The fourth-order valence-corrected chi connectivity index (χ4v) is 6.44. The maximum absolute atomic E-state index is 14.6. The minimum atomic E-state index is -0.517. The van der Waals surface area contributed by atoms with Gasteiger partial charge in [-0.05, 0) is 98.7 Å². The molecule has 5 aromatic rings. The first kappa shape index (κ1) is 32.8. The summed E-state index contributed by atoms with van der Waals surface area (Å²) in [6, 6.07) is 30.5. The topological polar surface area (TPSA) is 83.7 Å². The van der Waals surface area contributed by atoms with E-state index in [0.717, 1.165) is 59.3 Å². The molecule has 8 heteroatoms. The highest BCUT2D eigenvalue weighted by molar-refractivity contribution is 5.98. The van der Waals surface area contributed by atoms with E-state index < -0.39 is 11.5 Å². The number of fused-ring (bicyclic) bond motifs is 1. The highest BCUT2D eigenvalue weighted by Gasteiger charge is 2.26. The van der Waals surface area contributed by atoms with E-state index >= 15 is 0 Å². The number of nitrogens with zero attached hydrogens (tertiary/aromatic N) is 1. The van der Waals surface area contributed by atoms with Crippen molar-refractivity contribution >= 4 is 28.5 Å². The second-order valence-corrected chi connectivity index (χ2v) is 13.4. The van der Waals surface area contributed by atoms with Crippen molar-refractivity contribution in [2.24, 2.45) is 0 Å². The van der Waals surface area contributed by atoms with Crippen molar-refractivity contribution in [2.75, 3.05) is 25.1 Å². The first-order valence-electron chi connectivity index (χ1n) is 16.5. The van der Waals surface area contributed by atoms with Gasteiger partial charge in [-0.3, -0.25) is 4.79 Å². The smallest absolute Gasteiger partial charge is 0.407 e. The molecule has 1 saturated heterocycles. The quantitative estimate of drug-likeness (QED) is 0.156. The summed E-state index contributed by atoms with van der Waals surface area (Å²) in [5.41, 5.74) is 5.54. The number of H-pyrrole nitrogens is 1. The summed E-state index contributed by atoms with van der Waals surface area (Å²) >= 11 is 0. The Bertz CT molecular complexity index is 1870. The van der Waals surface area contributed by atoms with Gasteiger partial charge >= 0.3 is 6.09 Å². The number of carbonyl (C=O) groups excluding carboxylic acids is 2. The van der Waals surface area contributed by atoms with Crippen LogP contribution in [0.25, 0.3) is 22.0 Å². The predicted octanol–water partition coefficient (Wildman–Crippen LogP) is 8.88. The minimum absolute atomic E-state index is 0.0497. The number of nitrogens with one attached hydrogen (secondary N) is 2. The fourth-order valence-electron chi connectivity index (χ4n) is 6.44. The van der Waals surface area contributed by atoms with E-state index in [4.69, 9.17) is 9.47 Å². The SMILES string of the molecule is COc1ccc(F)cc1[C@@H](CC(=O)c1cccc(-c2ccc(N3CCC(NC(=O)OC(C)(C)C)CC3)cc2)c1)c1cc2ccccc2[nH]1. The molecule has 248 valence electrons.